The van der Waals surface area contributed by atoms with Crippen LogP contribution in [-0.4, -0.2) is 19.4 Å². The quantitative estimate of drug-likeness (QED) is 0.395. The monoisotopic (exact) mass is 335 g/mol. The van der Waals surface area contributed by atoms with Crippen molar-refractivity contribution in [2.45, 2.75) is 25.7 Å². The standard InChI is InChI=1S/C18H19F2NOS/c1-12(11-14-7-5-4-6-8-14)15-9-10-16(23-15)13(2)22-18(21-3)17(19)20/h4-10,12,17H,2,11H2,1,3H3. The molecule has 2 aromatic rings. The molecule has 0 saturated carbocycles. The molecule has 0 amide bonds. The fraction of sp³-hybridized carbons (Fsp3) is 0.278. The summed E-state index contributed by atoms with van der Waals surface area (Å²) in [7, 11) is 1.27. The number of alkyl halides is 2. The number of rotatable bonds is 6. The zero-order chi connectivity index (χ0) is 16.8. The molecule has 1 heterocycles. The van der Waals surface area contributed by atoms with Crippen molar-refractivity contribution in [3.8, 4) is 0 Å². The summed E-state index contributed by atoms with van der Waals surface area (Å²) < 4.78 is 30.4. The van der Waals surface area contributed by atoms with E-state index in [0.717, 1.165) is 11.3 Å². The Bertz CT molecular complexity index is 679. The van der Waals surface area contributed by atoms with Crippen LogP contribution in [0, 0.1) is 0 Å². The van der Waals surface area contributed by atoms with Crippen molar-refractivity contribution >= 4 is 23.0 Å². The molecule has 2 nitrogen and oxygen atoms in total. The molecule has 2 rings (SSSR count). The van der Waals surface area contributed by atoms with Gasteiger partial charge in [0.15, 0.2) is 0 Å². The first-order valence-electron chi connectivity index (χ1n) is 7.27. The van der Waals surface area contributed by atoms with Crippen LogP contribution in [-0.2, 0) is 11.2 Å². The number of hydrogen-bond acceptors (Lipinski definition) is 3. The maximum Gasteiger partial charge on any atom is 0.312 e. The van der Waals surface area contributed by atoms with E-state index >= 15 is 0 Å². The van der Waals surface area contributed by atoms with Gasteiger partial charge in [-0.1, -0.05) is 43.8 Å². The van der Waals surface area contributed by atoms with E-state index in [1.54, 1.807) is 0 Å². The van der Waals surface area contributed by atoms with E-state index in [2.05, 4.69) is 30.6 Å². The molecule has 1 aromatic carbocycles. The summed E-state index contributed by atoms with van der Waals surface area (Å²) in [6.45, 7) is 5.87. The summed E-state index contributed by atoms with van der Waals surface area (Å²) >= 11 is 1.51. The summed E-state index contributed by atoms with van der Waals surface area (Å²) in [4.78, 5) is 5.34. The first kappa shape index (κ1) is 17.3. The van der Waals surface area contributed by atoms with E-state index in [0.29, 0.717) is 5.92 Å². The van der Waals surface area contributed by atoms with Gasteiger partial charge < -0.3 is 4.74 Å². The summed E-state index contributed by atoms with van der Waals surface area (Å²) in [6.07, 6.45) is -1.82. The molecule has 0 aliphatic heterocycles. The second kappa shape index (κ2) is 8.02. The molecular formula is C18H19F2NOS. The number of thiophene rings is 1. The third-order valence-electron chi connectivity index (χ3n) is 3.41. The smallest absolute Gasteiger partial charge is 0.312 e. The molecule has 0 fully saturated rings. The molecule has 0 spiro atoms. The zero-order valence-electron chi connectivity index (χ0n) is 13.1. The molecule has 0 aliphatic carbocycles. The third kappa shape index (κ3) is 4.73. The first-order chi connectivity index (χ1) is 11.0. The van der Waals surface area contributed by atoms with Crippen molar-refractivity contribution in [3.05, 3.63) is 64.4 Å². The van der Waals surface area contributed by atoms with Crippen molar-refractivity contribution in [1.29, 1.82) is 0 Å². The molecule has 5 heteroatoms. The number of aliphatic imine (C=N–C) groups is 1. The van der Waals surface area contributed by atoms with Crippen molar-refractivity contribution in [2.75, 3.05) is 7.05 Å². The minimum Gasteiger partial charge on any atom is -0.437 e. The Kier molecular flexibility index (Phi) is 6.04. The lowest BCUT2D eigenvalue weighted by atomic mass is 10.00. The van der Waals surface area contributed by atoms with Crippen LogP contribution in [0.1, 0.15) is 28.2 Å². The first-order valence-corrected chi connectivity index (χ1v) is 8.08. The Hall–Kier alpha value is -2.01. The van der Waals surface area contributed by atoms with E-state index in [-0.39, 0.29) is 5.76 Å². The average molecular weight is 335 g/mol. The lowest BCUT2D eigenvalue weighted by Gasteiger charge is -2.10. The number of halogens is 2. The second-order valence-electron chi connectivity index (χ2n) is 5.18. The van der Waals surface area contributed by atoms with Crippen LogP contribution in [0.3, 0.4) is 0 Å². The van der Waals surface area contributed by atoms with Gasteiger partial charge in [-0.2, -0.15) is 8.78 Å². The van der Waals surface area contributed by atoms with Gasteiger partial charge in [0.05, 0.1) is 4.88 Å². The van der Waals surface area contributed by atoms with Gasteiger partial charge in [-0.05, 0) is 30.0 Å². The summed E-state index contributed by atoms with van der Waals surface area (Å²) in [5.41, 5.74) is 1.27. The molecule has 0 bridgehead atoms. The normalized spacial score (nSPS) is 13.2. The Labute approximate surface area is 139 Å². The number of ether oxygens (including phenoxy) is 1. The lowest BCUT2D eigenvalue weighted by molar-refractivity contribution is 0.196. The molecule has 1 aromatic heterocycles. The highest BCUT2D eigenvalue weighted by molar-refractivity contribution is 7.13. The highest BCUT2D eigenvalue weighted by Crippen LogP contribution is 2.31. The Balaban J connectivity index is 2.03. The van der Waals surface area contributed by atoms with Crippen molar-refractivity contribution in [3.63, 3.8) is 0 Å². The van der Waals surface area contributed by atoms with Gasteiger partial charge in [0.1, 0.15) is 5.76 Å². The van der Waals surface area contributed by atoms with Gasteiger partial charge in [0, 0.05) is 11.9 Å². The Morgan fingerprint density at radius 1 is 1.22 bits per heavy atom. The van der Waals surface area contributed by atoms with Crippen LogP contribution in [0.5, 0.6) is 0 Å². The Morgan fingerprint density at radius 3 is 2.52 bits per heavy atom. The predicted molar refractivity (Wildman–Crippen MR) is 92.4 cm³/mol. The molecule has 1 unspecified atom stereocenters. The molecule has 1 atom stereocenters. The number of nitrogens with zero attached hydrogens (tertiary/aromatic N) is 1. The van der Waals surface area contributed by atoms with E-state index in [1.807, 2.05) is 30.3 Å². The van der Waals surface area contributed by atoms with Crippen LogP contribution >= 0.6 is 11.3 Å². The van der Waals surface area contributed by atoms with E-state index < -0.39 is 12.3 Å². The maximum atomic E-state index is 12.7. The SMILES string of the molecule is C=C(OC(=NC)C(F)F)c1ccc(C(C)Cc2ccccc2)s1. The van der Waals surface area contributed by atoms with Gasteiger partial charge in [-0.15, -0.1) is 11.3 Å². The summed E-state index contributed by atoms with van der Waals surface area (Å²) in [5.74, 6) is -0.0743. The average Bonchev–Trinajstić information content (AvgIpc) is 3.03. The fourth-order valence-electron chi connectivity index (χ4n) is 2.20. The van der Waals surface area contributed by atoms with Crippen LogP contribution in [0.25, 0.3) is 5.76 Å². The fourth-order valence-corrected chi connectivity index (χ4v) is 3.17. The second-order valence-corrected chi connectivity index (χ2v) is 6.30. The van der Waals surface area contributed by atoms with E-state index in [4.69, 9.17) is 4.74 Å². The van der Waals surface area contributed by atoms with E-state index in [9.17, 15) is 8.78 Å². The van der Waals surface area contributed by atoms with E-state index in [1.165, 1.54) is 28.8 Å². The minimum atomic E-state index is -2.74. The lowest BCUT2D eigenvalue weighted by Crippen LogP contribution is -2.13. The van der Waals surface area contributed by atoms with Crippen LogP contribution in [0.2, 0.25) is 0 Å². The van der Waals surface area contributed by atoms with Crippen LogP contribution in [0.4, 0.5) is 8.78 Å². The highest BCUT2D eigenvalue weighted by atomic mass is 32.1. The van der Waals surface area contributed by atoms with Gasteiger partial charge in [0.2, 0.25) is 0 Å². The summed E-state index contributed by atoms with van der Waals surface area (Å²) in [6, 6.07) is 14.1. The van der Waals surface area contributed by atoms with Crippen molar-refractivity contribution in [1.82, 2.24) is 0 Å². The van der Waals surface area contributed by atoms with Gasteiger partial charge >= 0.3 is 6.43 Å². The van der Waals surface area contributed by atoms with Crippen LogP contribution in [0.15, 0.2) is 54.0 Å². The molecule has 0 radical (unpaired) electrons. The molecule has 23 heavy (non-hydrogen) atoms. The molecule has 122 valence electrons. The van der Waals surface area contributed by atoms with Gasteiger partial charge in [0.25, 0.3) is 5.90 Å². The predicted octanol–water partition coefficient (Wildman–Crippen LogP) is 5.38. The maximum absolute atomic E-state index is 12.7. The van der Waals surface area contributed by atoms with Gasteiger partial charge in [-0.25, -0.2) is 0 Å². The zero-order valence-corrected chi connectivity index (χ0v) is 13.9. The molecular weight excluding hydrogens is 316 g/mol. The van der Waals surface area contributed by atoms with Gasteiger partial charge in [-0.3, -0.25) is 4.99 Å². The molecule has 0 saturated heterocycles. The minimum absolute atomic E-state index is 0.203. The van der Waals surface area contributed by atoms with Crippen molar-refractivity contribution < 1.29 is 13.5 Å². The largest absolute Gasteiger partial charge is 0.437 e. The topological polar surface area (TPSA) is 21.6 Å². The van der Waals surface area contributed by atoms with Crippen LogP contribution < -0.4 is 0 Å². The summed E-state index contributed by atoms with van der Waals surface area (Å²) in [5, 5.41) is 0. The highest BCUT2D eigenvalue weighted by Gasteiger charge is 2.18. The van der Waals surface area contributed by atoms with Crippen molar-refractivity contribution in [2.24, 2.45) is 4.99 Å². The molecule has 0 N–H and O–H groups in total. The number of benzene rings is 1. The number of hydrogen-bond donors (Lipinski definition) is 0. The third-order valence-corrected chi connectivity index (χ3v) is 4.76. The Morgan fingerprint density at radius 2 is 1.91 bits per heavy atom. The molecule has 0 aliphatic rings.